The maximum absolute atomic E-state index is 12.3. The molecule has 114 valence electrons. The Morgan fingerprint density at radius 1 is 1.43 bits per heavy atom. The van der Waals surface area contributed by atoms with Crippen molar-refractivity contribution >= 4 is 23.4 Å². The molecule has 5 nitrogen and oxygen atoms in total. The van der Waals surface area contributed by atoms with Crippen molar-refractivity contribution in [2.24, 2.45) is 0 Å². The highest BCUT2D eigenvalue weighted by Crippen LogP contribution is 2.23. The number of hydrogen-bond acceptors (Lipinski definition) is 3. The van der Waals surface area contributed by atoms with Crippen molar-refractivity contribution in [2.45, 2.75) is 38.6 Å². The molecule has 6 heteroatoms. The fourth-order valence-corrected chi connectivity index (χ4v) is 2.42. The Hall–Kier alpha value is -1.62. The molecule has 1 saturated heterocycles. The molecule has 0 bridgehead atoms. The molecule has 2 amide bonds. The predicted molar refractivity (Wildman–Crippen MR) is 81.5 cm³/mol. The fraction of sp³-hybridized carbons (Fsp3) is 0.533. The van der Waals surface area contributed by atoms with Crippen molar-refractivity contribution in [3.8, 4) is 0 Å². The standard InChI is InChI=1S/C15H20ClN3O2/c1-15(2,3)11-7-9(8-12(16)18-11)13(20)17-10-5-6-19(4)14(10)21/h7-8,10H,5-6H2,1-4H3,(H,17,20). The molecular formula is C15H20ClN3O2. The SMILES string of the molecule is CN1CCC(NC(=O)c2cc(Cl)nc(C(C)(C)C)c2)C1=O. The van der Waals surface area contributed by atoms with Crippen molar-refractivity contribution in [1.82, 2.24) is 15.2 Å². The summed E-state index contributed by atoms with van der Waals surface area (Å²) in [4.78, 5) is 30.0. The first kappa shape index (κ1) is 15.8. The third kappa shape index (κ3) is 3.53. The van der Waals surface area contributed by atoms with Crippen molar-refractivity contribution in [2.75, 3.05) is 13.6 Å². The third-order valence-electron chi connectivity index (χ3n) is 3.56. The van der Waals surface area contributed by atoms with Gasteiger partial charge in [-0.25, -0.2) is 4.98 Å². The molecule has 1 aliphatic rings. The molecule has 1 aromatic rings. The molecule has 0 spiro atoms. The number of amides is 2. The molecule has 2 rings (SSSR count). The molecule has 1 fully saturated rings. The van der Waals surface area contributed by atoms with E-state index in [0.29, 0.717) is 18.5 Å². The Bertz CT molecular complexity index is 581. The molecule has 0 radical (unpaired) electrons. The number of nitrogens with zero attached hydrogens (tertiary/aromatic N) is 2. The van der Waals surface area contributed by atoms with E-state index < -0.39 is 6.04 Å². The number of carbonyl (C=O) groups excluding carboxylic acids is 2. The van der Waals surface area contributed by atoms with E-state index in [1.807, 2.05) is 20.8 Å². The van der Waals surface area contributed by atoms with Gasteiger partial charge in [0.25, 0.3) is 5.91 Å². The summed E-state index contributed by atoms with van der Waals surface area (Å²) in [6.45, 7) is 6.67. The van der Waals surface area contributed by atoms with Crippen molar-refractivity contribution in [3.63, 3.8) is 0 Å². The molecule has 1 aromatic heterocycles. The molecule has 1 atom stereocenters. The molecule has 1 aliphatic heterocycles. The van der Waals surface area contributed by atoms with E-state index in [1.54, 1.807) is 18.0 Å². The lowest BCUT2D eigenvalue weighted by molar-refractivity contribution is -0.128. The van der Waals surface area contributed by atoms with E-state index in [-0.39, 0.29) is 22.4 Å². The van der Waals surface area contributed by atoms with Gasteiger partial charge in [0.15, 0.2) is 0 Å². The zero-order valence-corrected chi connectivity index (χ0v) is 13.5. The second kappa shape index (κ2) is 5.64. The normalized spacial score (nSPS) is 19.0. The Morgan fingerprint density at radius 3 is 2.62 bits per heavy atom. The maximum Gasteiger partial charge on any atom is 0.252 e. The minimum Gasteiger partial charge on any atom is -0.344 e. The average molecular weight is 310 g/mol. The van der Waals surface area contributed by atoms with Gasteiger partial charge in [-0.3, -0.25) is 9.59 Å². The zero-order chi connectivity index (χ0) is 15.8. The van der Waals surface area contributed by atoms with Crippen molar-refractivity contribution in [3.05, 3.63) is 28.5 Å². The summed E-state index contributed by atoms with van der Waals surface area (Å²) in [6.07, 6.45) is 0.631. The Labute approximate surface area is 129 Å². The van der Waals surface area contributed by atoms with Gasteiger partial charge in [0.05, 0.1) is 0 Å². The van der Waals surface area contributed by atoms with Gasteiger partial charge in [0, 0.05) is 30.3 Å². The number of aromatic nitrogens is 1. The maximum atomic E-state index is 12.3. The van der Waals surface area contributed by atoms with Crippen LogP contribution in [0.4, 0.5) is 0 Å². The van der Waals surface area contributed by atoms with Crippen LogP contribution in [-0.4, -0.2) is 41.3 Å². The fourth-order valence-electron chi connectivity index (χ4n) is 2.21. The Morgan fingerprint density at radius 2 is 2.10 bits per heavy atom. The van der Waals surface area contributed by atoms with Gasteiger partial charge >= 0.3 is 0 Å². The first-order valence-electron chi connectivity index (χ1n) is 6.92. The van der Waals surface area contributed by atoms with Crippen LogP contribution in [0.25, 0.3) is 0 Å². The number of likely N-dealkylation sites (N-methyl/N-ethyl adjacent to an activating group) is 1. The van der Waals surface area contributed by atoms with E-state index in [4.69, 9.17) is 11.6 Å². The zero-order valence-electron chi connectivity index (χ0n) is 12.7. The number of rotatable bonds is 2. The van der Waals surface area contributed by atoms with Crippen LogP contribution >= 0.6 is 11.6 Å². The summed E-state index contributed by atoms with van der Waals surface area (Å²) >= 11 is 6.00. The number of halogens is 1. The second-order valence-electron chi connectivity index (χ2n) is 6.39. The minimum atomic E-state index is -0.451. The Balaban J connectivity index is 2.20. The second-order valence-corrected chi connectivity index (χ2v) is 6.78. The summed E-state index contributed by atoms with van der Waals surface area (Å²) in [5, 5.41) is 3.04. The Kier molecular flexibility index (Phi) is 4.23. The number of carbonyl (C=O) groups is 2. The molecule has 0 saturated carbocycles. The van der Waals surface area contributed by atoms with E-state index in [2.05, 4.69) is 10.3 Å². The van der Waals surface area contributed by atoms with Crippen LogP contribution in [0.1, 0.15) is 43.2 Å². The lowest BCUT2D eigenvalue weighted by Crippen LogP contribution is -2.40. The van der Waals surface area contributed by atoms with Crippen LogP contribution in [0.15, 0.2) is 12.1 Å². The van der Waals surface area contributed by atoms with Crippen LogP contribution in [0.5, 0.6) is 0 Å². The average Bonchev–Trinajstić information content (AvgIpc) is 2.69. The van der Waals surface area contributed by atoms with Crippen LogP contribution in [-0.2, 0) is 10.2 Å². The van der Waals surface area contributed by atoms with Crippen LogP contribution in [0, 0.1) is 0 Å². The van der Waals surface area contributed by atoms with Crippen molar-refractivity contribution < 1.29 is 9.59 Å². The van der Waals surface area contributed by atoms with Gasteiger partial charge in [0.1, 0.15) is 11.2 Å². The summed E-state index contributed by atoms with van der Waals surface area (Å²) in [5.74, 6) is -0.349. The smallest absolute Gasteiger partial charge is 0.252 e. The molecule has 0 aliphatic carbocycles. The van der Waals surface area contributed by atoms with Gasteiger partial charge in [-0.05, 0) is 18.6 Å². The molecular weight excluding hydrogens is 290 g/mol. The number of hydrogen-bond donors (Lipinski definition) is 1. The van der Waals surface area contributed by atoms with Gasteiger partial charge in [0.2, 0.25) is 5.91 Å². The van der Waals surface area contributed by atoms with Crippen LogP contribution < -0.4 is 5.32 Å². The molecule has 1 unspecified atom stereocenters. The summed E-state index contributed by atoms with van der Waals surface area (Å²) < 4.78 is 0. The number of nitrogens with one attached hydrogen (secondary N) is 1. The summed E-state index contributed by atoms with van der Waals surface area (Å²) in [7, 11) is 1.73. The summed E-state index contributed by atoms with van der Waals surface area (Å²) in [5.41, 5.74) is 0.973. The van der Waals surface area contributed by atoms with Gasteiger partial charge in [-0.2, -0.15) is 0 Å². The van der Waals surface area contributed by atoms with E-state index in [9.17, 15) is 9.59 Å². The summed E-state index contributed by atoms with van der Waals surface area (Å²) in [6, 6.07) is 2.80. The number of pyridine rings is 1. The first-order chi connectivity index (χ1) is 9.68. The topological polar surface area (TPSA) is 62.3 Å². The lowest BCUT2D eigenvalue weighted by Gasteiger charge is -2.19. The van der Waals surface area contributed by atoms with Gasteiger partial charge in [-0.15, -0.1) is 0 Å². The molecule has 2 heterocycles. The number of likely N-dealkylation sites (tertiary alicyclic amines) is 1. The van der Waals surface area contributed by atoms with Gasteiger partial charge in [-0.1, -0.05) is 32.4 Å². The highest BCUT2D eigenvalue weighted by molar-refractivity contribution is 6.29. The molecule has 1 N–H and O–H groups in total. The van der Waals surface area contributed by atoms with E-state index in [1.165, 1.54) is 6.07 Å². The highest BCUT2D eigenvalue weighted by atomic mass is 35.5. The minimum absolute atomic E-state index is 0.0560. The highest BCUT2D eigenvalue weighted by Gasteiger charge is 2.30. The molecule has 0 aromatic carbocycles. The largest absolute Gasteiger partial charge is 0.344 e. The third-order valence-corrected chi connectivity index (χ3v) is 3.75. The van der Waals surface area contributed by atoms with Crippen LogP contribution in [0.3, 0.4) is 0 Å². The van der Waals surface area contributed by atoms with Crippen molar-refractivity contribution in [1.29, 1.82) is 0 Å². The predicted octanol–water partition coefficient (Wildman–Crippen LogP) is 1.99. The van der Waals surface area contributed by atoms with Crippen LogP contribution in [0.2, 0.25) is 5.15 Å². The first-order valence-corrected chi connectivity index (χ1v) is 7.30. The monoisotopic (exact) mass is 309 g/mol. The van der Waals surface area contributed by atoms with Gasteiger partial charge < -0.3 is 10.2 Å². The quantitative estimate of drug-likeness (QED) is 0.850. The lowest BCUT2D eigenvalue weighted by atomic mass is 9.91. The van der Waals surface area contributed by atoms with E-state index >= 15 is 0 Å². The van der Waals surface area contributed by atoms with E-state index in [0.717, 1.165) is 5.69 Å². The molecule has 21 heavy (non-hydrogen) atoms.